The van der Waals surface area contributed by atoms with Crippen molar-refractivity contribution in [1.29, 1.82) is 0 Å². The second-order valence-electron chi connectivity index (χ2n) is 6.07. The lowest BCUT2D eigenvalue weighted by molar-refractivity contribution is 0.136. The summed E-state index contributed by atoms with van der Waals surface area (Å²) in [5.74, 6) is 2.21. The van der Waals surface area contributed by atoms with Crippen molar-refractivity contribution >= 4 is 0 Å². The van der Waals surface area contributed by atoms with E-state index in [-0.39, 0.29) is 6.10 Å². The Morgan fingerprint density at radius 2 is 1.59 bits per heavy atom. The van der Waals surface area contributed by atoms with E-state index in [1.165, 1.54) is 41.5 Å². The highest BCUT2D eigenvalue weighted by atomic mass is 16.3. The average molecular weight is 230 g/mol. The van der Waals surface area contributed by atoms with E-state index in [4.69, 9.17) is 0 Å². The fourth-order valence-electron chi connectivity index (χ4n) is 3.85. The van der Waals surface area contributed by atoms with Gasteiger partial charge in [0.05, 0.1) is 6.10 Å². The van der Waals surface area contributed by atoms with Crippen molar-refractivity contribution in [3.63, 3.8) is 0 Å². The molecule has 92 valence electrons. The molecule has 1 aromatic carbocycles. The van der Waals surface area contributed by atoms with Crippen LogP contribution in [0.1, 0.15) is 47.6 Å². The standard InChI is InChI=1S/C16H22O/c1-9-7-11(3)14(8-10(9)2)16(17)15-12-5-4-6-13(12)15/h7-8,12-13,15-17H,4-6H2,1-3H3. The van der Waals surface area contributed by atoms with E-state index < -0.39 is 0 Å². The van der Waals surface area contributed by atoms with Crippen LogP contribution in [0.3, 0.4) is 0 Å². The first-order valence-corrected chi connectivity index (χ1v) is 6.85. The molecule has 0 saturated heterocycles. The lowest BCUT2D eigenvalue weighted by Gasteiger charge is -2.17. The van der Waals surface area contributed by atoms with Crippen LogP contribution in [0, 0.1) is 38.5 Å². The quantitative estimate of drug-likeness (QED) is 0.821. The first kappa shape index (κ1) is 11.3. The van der Waals surface area contributed by atoms with Crippen LogP contribution >= 0.6 is 0 Å². The molecule has 1 nitrogen and oxygen atoms in total. The maximum atomic E-state index is 10.6. The maximum Gasteiger partial charge on any atom is 0.0826 e. The van der Waals surface area contributed by atoms with Crippen molar-refractivity contribution in [2.45, 2.75) is 46.1 Å². The number of rotatable bonds is 2. The molecule has 0 heterocycles. The number of benzene rings is 1. The molecule has 1 heteroatoms. The van der Waals surface area contributed by atoms with Crippen molar-refractivity contribution in [1.82, 2.24) is 0 Å². The molecule has 0 radical (unpaired) electrons. The number of hydrogen-bond acceptors (Lipinski definition) is 1. The normalized spacial score (nSPS) is 32.4. The molecule has 1 aromatic rings. The lowest BCUT2D eigenvalue weighted by atomic mass is 9.93. The molecule has 0 aliphatic heterocycles. The first-order valence-electron chi connectivity index (χ1n) is 6.85. The number of hydrogen-bond donors (Lipinski definition) is 1. The minimum absolute atomic E-state index is 0.218. The van der Waals surface area contributed by atoms with E-state index in [0.717, 1.165) is 11.8 Å². The molecule has 3 atom stereocenters. The van der Waals surface area contributed by atoms with E-state index in [1.807, 2.05) is 0 Å². The van der Waals surface area contributed by atoms with Crippen molar-refractivity contribution in [2.24, 2.45) is 17.8 Å². The van der Waals surface area contributed by atoms with Crippen LogP contribution in [-0.2, 0) is 0 Å². The molecule has 2 aliphatic carbocycles. The SMILES string of the molecule is Cc1cc(C)c(C(O)C2C3CCCC32)cc1C. The zero-order chi connectivity index (χ0) is 12.2. The second kappa shape index (κ2) is 3.84. The number of aliphatic hydroxyl groups excluding tert-OH is 1. The first-order chi connectivity index (χ1) is 8.09. The second-order valence-corrected chi connectivity index (χ2v) is 6.07. The topological polar surface area (TPSA) is 20.2 Å². The molecular formula is C16H22O. The molecular weight excluding hydrogens is 208 g/mol. The maximum absolute atomic E-state index is 10.6. The van der Waals surface area contributed by atoms with Gasteiger partial charge in [0.25, 0.3) is 0 Å². The van der Waals surface area contributed by atoms with Gasteiger partial charge < -0.3 is 5.11 Å². The predicted molar refractivity (Wildman–Crippen MR) is 69.9 cm³/mol. The molecule has 2 fully saturated rings. The third kappa shape index (κ3) is 1.72. The summed E-state index contributed by atoms with van der Waals surface area (Å²) in [5.41, 5.74) is 5.06. The van der Waals surface area contributed by atoms with E-state index >= 15 is 0 Å². The van der Waals surface area contributed by atoms with Gasteiger partial charge in [0, 0.05) is 0 Å². The molecule has 3 rings (SSSR count). The lowest BCUT2D eigenvalue weighted by Crippen LogP contribution is -2.07. The number of aryl methyl sites for hydroxylation is 3. The fourth-order valence-corrected chi connectivity index (χ4v) is 3.85. The number of fused-ring (bicyclic) bond motifs is 1. The summed E-state index contributed by atoms with van der Waals surface area (Å²) in [6.07, 6.45) is 3.85. The Labute approximate surface area is 104 Å². The highest BCUT2D eigenvalue weighted by Gasteiger charge is 2.56. The summed E-state index contributed by atoms with van der Waals surface area (Å²) in [6, 6.07) is 4.41. The molecule has 2 saturated carbocycles. The summed E-state index contributed by atoms with van der Waals surface area (Å²) < 4.78 is 0. The Balaban J connectivity index is 1.87. The summed E-state index contributed by atoms with van der Waals surface area (Å²) >= 11 is 0. The third-order valence-electron chi connectivity index (χ3n) is 5.04. The monoisotopic (exact) mass is 230 g/mol. The van der Waals surface area contributed by atoms with Crippen LogP contribution in [-0.4, -0.2) is 5.11 Å². The Kier molecular flexibility index (Phi) is 2.55. The Hall–Kier alpha value is -0.820. The van der Waals surface area contributed by atoms with Gasteiger partial charge in [-0.1, -0.05) is 18.6 Å². The molecule has 17 heavy (non-hydrogen) atoms. The minimum Gasteiger partial charge on any atom is -0.388 e. The van der Waals surface area contributed by atoms with Crippen molar-refractivity contribution < 1.29 is 5.11 Å². The largest absolute Gasteiger partial charge is 0.388 e. The van der Waals surface area contributed by atoms with E-state index in [9.17, 15) is 5.11 Å². The van der Waals surface area contributed by atoms with E-state index in [0.29, 0.717) is 5.92 Å². The van der Waals surface area contributed by atoms with Crippen LogP contribution < -0.4 is 0 Å². The van der Waals surface area contributed by atoms with Crippen LogP contribution in [0.2, 0.25) is 0 Å². The highest BCUT2D eigenvalue weighted by molar-refractivity contribution is 5.38. The van der Waals surface area contributed by atoms with Gasteiger partial charge in [0.1, 0.15) is 0 Å². The molecule has 0 spiro atoms. The van der Waals surface area contributed by atoms with Crippen molar-refractivity contribution in [3.8, 4) is 0 Å². The Morgan fingerprint density at radius 1 is 1.00 bits per heavy atom. The average Bonchev–Trinajstić information content (AvgIpc) is 2.76. The van der Waals surface area contributed by atoms with E-state index in [2.05, 4.69) is 32.9 Å². The molecule has 0 aromatic heterocycles. The molecule has 3 unspecified atom stereocenters. The molecule has 1 N–H and O–H groups in total. The summed E-state index contributed by atoms with van der Waals surface area (Å²) in [5, 5.41) is 10.6. The molecule has 0 amide bonds. The summed E-state index contributed by atoms with van der Waals surface area (Å²) in [4.78, 5) is 0. The molecule has 0 bridgehead atoms. The highest BCUT2D eigenvalue weighted by Crippen LogP contribution is 2.62. The van der Waals surface area contributed by atoms with Crippen LogP contribution in [0.15, 0.2) is 12.1 Å². The predicted octanol–water partition coefficient (Wildman–Crippen LogP) is 3.69. The van der Waals surface area contributed by atoms with Crippen LogP contribution in [0.4, 0.5) is 0 Å². The minimum atomic E-state index is -0.218. The zero-order valence-corrected chi connectivity index (χ0v) is 11.0. The number of aliphatic hydroxyl groups is 1. The van der Waals surface area contributed by atoms with Gasteiger partial charge in [0.2, 0.25) is 0 Å². The van der Waals surface area contributed by atoms with Crippen molar-refractivity contribution in [3.05, 3.63) is 34.4 Å². The third-order valence-corrected chi connectivity index (χ3v) is 5.04. The van der Waals surface area contributed by atoms with Gasteiger partial charge in [-0.15, -0.1) is 0 Å². The smallest absolute Gasteiger partial charge is 0.0826 e. The van der Waals surface area contributed by atoms with Gasteiger partial charge in [-0.3, -0.25) is 0 Å². The van der Waals surface area contributed by atoms with Crippen molar-refractivity contribution in [2.75, 3.05) is 0 Å². The Morgan fingerprint density at radius 3 is 2.24 bits per heavy atom. The summed E-state index contributed by atoms with van der Waals surface area (Å²) in [6.45, 7) is 6.41. The summed E-state index contributed by atoms with van der Waals surface area (Å²) in [7, 11) is 0. The van der Waals surface area contributed by atoms with Crippen LogP contribution in [0.5, 0.6) is 0 Å². The van der Waals surface area contributed by atoms with E-state index in [1.54, 1.807) is 0 Å². The van der Waals surface area contributed by atoms with Crippen LogP contribution in [0.25, 0.3) is 0 Å². The molecule has 2 aliphatic rings. The van der Waals surface area contributed by atoms with Gasteiger partial charge in [0.15, 0.2) is 0 Å². The van der Waals surface area contributed by atoms with Gasteiger partial charge >= 0.3 is 0 Å². The zero-order valence-electron chi connectivity index (χ0n) is 11.0. The van der Waals surface area contributed by atoms with Gasteiger partial charge in [-0.25, -0.2) is 0 Å². The van der Waals surface area contributed by atoms with Gasteiger partial charge in [-0.2, -0.15) is 0 Å². The fraction of sp³-hybridized carbons (Fsp3) is 0.625. The van der Waals surface area contributed by atoms with Gasteiger partial charge in [-0.05, 0) is 73.6 Å². The Bertz CT molecular complexity index is 439.